The van der Waals surface area contributed by atoms with Crippen LogP contribution in [0.5, 0.6) is 0 Å². The molecule has 0 aliphatic heterocycles. The summed E-state index contributed by atoms with van der Waals surface area (Å²) in [5, 5.41) is 3.61. The van der Waals surface area contributed by atoms with Crippen LogP contribution < -0.4 is 5.32 Å². The van der Waals surface area contributed by atoms with Gasteiger partial charge in [-0.15, -0.1) is 11.8 Å². The summed E-state index contributed by atoms with van der Waals surface area (Å²) in [6, 6.07) is 18.8. The zero-order chi connectivity index (χ0) is 19.3. The van der Waals surface area contributed by atoms with Crippen molar-refractivity contribution in [3.8, 4) is 11.5 Å². The predicted octanol–water partition coefficient (Wildman–Crippen LogP) is 4.95. The highest BCUT2D eigenvalue weighted by Crippen LogP contribution is 2.23. The summed E-state index contributed by atoms with van der Waals surface area (Å²) < 4.78 is 5.72. The van der Waals surface area contributed by atoms with Crippen LogP contribution in [-0.2, 0) is 11.3 Å². The molecule has 28 heavy (non-hydrogen) atoms. The number of thioether (sulfide) groups is 1. The third-order valence-corrected chi connectivity index (χ3v) is 5.30. The highest BCUT2D eigenvalue weighted by molar-refractivity contribution is 8.00. The first-order chi connectivity index (χ1) is 13.7. The first kappa shape index (κ1) is 18.5. The van der Waals surface area contributed by atoms with Gasteiger partial charge in [-0.2, -0.15) is 4.98 Å². The van der Waals surface area contributed by atoms with Crippen LogP contribution in [0.15, 0.2) is 76.2 Å². The molecule has 5 nitrogen and oxygen atoms in total. The average Bonchev–Trinajstić information content (AvgIpc) is 3.16. The van der Waals surface area contributed by atoms with Crippen molar-refractivity contribution in [1.82, 2.24) is 15.3 Å². The number of hydrogen-bond acceptors (Lipinski definition) is 5. The lowest BCUT2D eigenvalue weighted by Crippen LogP contribution is -2.24. The zero-order valence-corrected chi connectivity index (χ0v) is 16.3. The summed E-state index contributed by atoms with van der Waals surface area (Å²) in [6.07, 6.45) is 1.69. The van der Waals surface area contributed by atoms with Gasteiger partial charge in [0.2, 0.25) is 11.8 Å². The highest BCUT2D eigenvalue weighted by atomic mass is 35.5. The molecule has 0 saturated heterocycles. The largest absolute Gasteiger partial charge is 0.434 e. The number of rotatable bonds is 6. The second kappa shape index (κ2) is 8.46. The molecule has 4 rings (SSSR count). The number of benzene rings is 2. The molecule has 4 aromatic rings. The molecule has 0 spiro atoms. The Labute approximate surface area is 171 Å². The van der Waals surface area contributed by atoms with E-state index in [2.05, 4.69) is 15.3 Å². The molecule has 0 unspecified atom stereocenters. The van der Waals surface area contributed by atoms with Crippen LogP contribution in [0.4, 0.5) is 0 Å². The lowest BCUT2D eigenvalue weighted by molar-refractivity contribution is -0.118. The minimum Gasteiger partial charge on any atom is -0.434 e. The molecule has 2 aromatic carbocycles. The summed E-state index contributed by atoms with van der Waals surface area (Å²) in [4.78, 5) is 21.6. The third kappa shape index (κ3) is 4.52. The minimum absolute atomic E-state index is 0.0194. The maximum atomic E-state index is 12.1. The van der Waals surface area contributed by atoms with Crippen LogP contribution in [0.2, 0.25) is 5.02 Å². The Morgan fingerprint density at radius 2 is 1.86 bits per heavy atom. The summed E-state index contributed by atoms with van der Waals surface area (Å²) in [7, 11) is 0. The van der Waals surface area contributed by atoms with Gasteiger partial charge in [0.1, 0.15) is 0 Å². The number of aromatic nitrogens is 2. The fourth-order valence-corrected chi connectivity index (χ4v) is 3.44. The van der Waals surface area contributed by atoms with E-state index in [9.17, 15) is 4.79 Å². The Balaban J connectivity index is 1.31. The summed E-state index contributed by atoms with van der Waals surface area (Å²) in [5.74, 6) is 0.869. The molecule has 2 aromatic heterocycles. The Hall–Kier alpha value is -2.83. The van der Waals surface area contributed by atoms with Gasteiger partial charge < -0.3 is 9.73 Å². The number of nitrogens with zero attached hydrogens (tertiary/aromatic N) is 2. The van der Waals surface area contributed by atoms with E-state index < -0.39 is 0 Å². The van der Waals surface area contributed by atoms with Gasteiger partial charge in [0, 0.05) is 28.2 Å². The predicted molar refractivity (Wildman–Crippen MR) is 111 cm³/mol. The second-order valence-electron chi connectivity index (χ2n) is 6.06. The van der Waals surface area contributed by atoms with Crippen molar-refractivity contribution in [1.29, 1.82) is 0 Å². The van der Waals surface area contributed by atoms with Crippen LogP contribution in [-0.4, -0.2) is 21.6 Å². The van der Waals surface area contributed by atoms with Crippen LogP contribution in [0, 0.1) is 0 Å². The normalized spacial score (nSPS) is 10.9. The Bertz CT molecular complexity index is 1060. The Morgan fingerprint density at radius 1 is 1.07 bits per heavy atom. The minimum atomic E-state index is -0.0194. The zero-order valence-electron chi connectivity index (χ0n) is 14.8. The van der Waals surface area contributed by atoms with Crippen LogP contribution >= 0.6 is 23.4 Å². The molecule has 0 radical (unpaired) electrons. The Morgan fingerprint density at radius 3 is 2.61 bits per heavy atom. The fourth-order valence-electron chi connectivity index (χ4n) is 2.59. The van der Waals surface area contributed by atoms with Gasteiger partial charge in [-0.3, -0.25) is 4.79 Å². The van der Waals surface area contributed by atoms with E-state index in [1.165, 1.54) is 11.8 Å². The molecule has 140 valence electrons. The van der Waals surface area contributed by atoms with E-state index in [0.29, 0.717) is 34.4 Å². The smallest absolute Gasteiger partial charge is 0.230 e. The van der Waals surface area contributed by atoms with Crippen molar-refractivity contribution < 1.29 is 9.21 Å². The highest BCUT2D eigenvalue weighted by Gasteiger charge is 2.09. The van der Waals surface area contributed by atoms with E-state index in [1.54, 1.807) is 6.20 Å². The van der Waals surface area contributed by atoms with Crippen molar-refractivity contribution in [2.45, 2.75) is 11.4 Å². The second-order valence-corrected chi connectivity index (χ2v) is 7.55. The number of hydrogen-bond donors (Lipinski definition) is 1. The van der Waals surface area contributed by atoms with Crippen LogP contribution in [0.3, 0.4) is 0 Å². The van der Waals surface area contributed by atoms with Crippen molar-refractivity contribution in [3.63, 3.8) is 0 Å². The topological polar surface area (TPSA) is 68.0 Å². The summed E-state index contributed by atoms with van der Waals surface area (Å²) >= 11 is 7.34. The lowest BCUT2D eigenvalue weighted by atomic mass is 10.1. The van der Waals surface area contributed by atoms with Gasteiger partial charge in [-0.05, 0) is 54.1 Å². The van der Waals surface area contributed by atoms with E-state index in [1.807, 2.05) is 60.7 Å². The summed E-state index contributed by atoms with van der Waals surface area (Å²) in [6.45, 7) is 0.468. The first-order valence-corrected chi connectivity index (χ1v) is 10.00. The standard InChI is InChI=1S/C21H16ClN3O2S/c22-16-7-9-17(10-8-16)28-13-19(26)24-12-14-3-5-15(6-4-14)21-25-20-18(27-21)2-1-11-23-20/h1-11H,12-13H2,(H,24,26). The molecule has 0 saturated carbocycles. The molecule has 0 atom stereocenters. The molecule has 7 heteroatoms. The maximum absolute atomic E-state index is 12.1. The van der Waals surface area contributed by atoms with E-state index in [-0.39, 0.29) is 5.91 Å². The maximum Gasteiger partial charge on any atom is 0.230 e. The van der Waals surface area contributed by atoms with Crippen molar-refractivity contribution in [2.24, 2.45) is 0 Å². The van der Waals surface area contributed by atoms with Gasteiger partial charge in [0.15, 0.2) is 11.2 Å². The molecule has 1 amide bonds. The number of carbonyl (C=O) groups is 1. The molecule has 0 bridgehead atoms. The Kier molecular flexibility index (Phi) is 5.60. The number of fused-ring (bicyclic) bond motifs is 1. The SMILES string of the molecule is O=C(CSc1ccc(Cl)cc1)NCc1ccc(-c2nc3ncccc3o2)cc1. The van der Waals surface area contributed by atoms with Gasteiger partial charge in [-0.1, -0.05) is 23.7 Å². The molecule has 0 fully saturated rings. The first-order valence-electron chi connectivity index (χ1n) is 8.63. The number of oxazole rings is 1. The third-order valence-electron chi connectivity index (χ3n) is 4.04. The van der Waals surface area contributed by atoms with E-state index in [4.69, 9.17) is 16.0 Å². The average molecular weight is 410 g/mol. The number of carbonyl (C=O) groups excluding carboxylic acids is 1. The van der Waals surface area contributed by atoms with Crippen molar-refractivity contribution in [2.75, 3.05) is 5.75 Å². The number of amides is 1. The van der Waals surface area contributed by atoms with Gasteiger partial charge in [0.25, 0.3) is 0 Å². The quantitative estimate of drug-likeness (QED) is 0.456. The fraction of sp³-hybridized carbons (Fsp3) is 0.0952. The van der Waals surface area contributed by atoms with Crippen molar-refractivity contribution in [3.05, 3.63) is 77.4 Å². The van der Waals surface area contributed by atoms with E-state index in [0.717, 1.165) is 16.0 Å². The van der Waals surface area contributed by atoms with Gasteiger partial charge in [-0.25, -0.2) is 4.98 Å². The molecule has 1 N–H and O–H groups in total. The van der Waals surface area contributed by atoms with E-state index >= 15 is 0 Å². The van der Waals surface area contributed by atoms with Crippen LogP contribution in [0.25, 0.3) is 22.7 Å². The number of nitrogens with one attached hydrogen (secondary N) is 1. The molecular formula is C21H16ClN3O2S. The summed E-state index contributed by atoms with van der Waals surface area (Å²) in [5.41, 5.74) is 3.12. The van der Waals surface area contributed by atoms with Gasteiger partial charge in [0.05, 0.1) is 5.75 Å². The lowest BCUT2D eigenvalue weighted by Gasteiger charge is -2.06. The monoisotopic (exact) mass is 409 g/mol. The molecule has 2 heterocycles. The van der Waals surface area contributed by atoms with Gasteiger partial charge >= 0.3 is 0 Å². The molecule has 0 aliphatic rings. The number of pyridine rings is 1. The van der Waals surface area contributed by atoms with Crippen LogP contribution in [0.1, 0.15) is 5.56 Å². The molecular weight excluding hydrogens is 394 g/mol. The van der Waals surface area contributed by atoms with Crippen molar-refractivity contribution >= 4 is 40.5 Å². The molecule has 0 aliphatic carbocycles. The number of halogens is 1.